The number of hydrogen-bond donors (Lipinski definition) is 0. The van der Waals surface area contributed by atoms with E-state index in [4.69, 9.17) is 0 Å². The number of hydrogen-bond acceptors (Lipinski definition) is 4. The van der Waals surface area contributed by atoms with Gasteiger partial charge in [0, 0.05) is 0 Å². The van der Waals surface area contributed by atoms with Gasteiger partial charge in [-0.15, -0.1) is 0 Å². The molecular weight excluding hydrogens is 193 g/mol. The average Bonchev–Trinajstić information content (AvgIpc) is 2.13. The first-order chi connectivity index (χ1) is 3.52. The molecule has 0 unspecified atom stereocenters. The van der Waals surface area contributed by atoms with Crippen LogP contribution in [0.3, 0.4) is 0 Å². The molecule has 1 aliphatic heterocycles. The topological polar surface area (TPSA) is 107 Å². The van der Waals surface area contributed by atoms with Crippen LogP contribution in [0.15, 0.2) is 0 Å². The summed E-state index contributed by atoms with van der Waals surface area (Å²) in [5.41, 5.74) is 0. The van der Waals surface area contributed by atoms with E-state index in [2.05, 4.69) is 4.74 Å². The minimum absolute atomic E-state index is 0. The Morgan fingerprint density at radius 3 is 1.64 bits per heavy atom. The maximum absolute atomic E-state index is 9.95. The summed E-state index contributed by atoms with van der Waals surface area (Å²) in [4.78, 5) is 19.9. The third-order valence-electron chi connectivity index (χ3n) is 0.991. The molecule has 1 aliphatic rings. The van der Waals surface area contributed by atoms with Gasteiger partial charge in [-0.05, 0) is 14.5 Å². The number of ether oxygens (including phenoxy) is 1. The molecule has 0 amide bonds. The van der Waals surface area contributed by atoms with Gasteiger partial charge < -0.3 is 24.6 Å². The molecule has 0 spiro atoms. The molecule has 1 heterocycles. The van der Waals surface area contributed by atoms with Gasteiger partial charge in [0.25, 0.3) is 0 Å². The molecule has 0 saturated carbocycles. The van der Waals surface area contributed by atoms with Gasteiger partial charge in [0.05, 0.1) is 6.10 Å². The SMILES string of the molecule is C[C@H]1O[C@H]1P(=O)([O-])[O-].O.[Na+].[Na+]. The molecule has 0 aliphatic carbocycles. The van der Waals surface area contributed by atoms with Crippen LogP contribution in [0.5, 0.6) is 0 Å². The Bertz CT molecular complexity index is 147. The fraction of sp³-hybridized carbons (Fsp3) is 1.00. The van der Waals surface area contributed by atoms with Crippen molar-refractivity contribution in [2.45, 2.75) is 18.9 Å². The summed E-state index contributed by atoms with van der Waals surface area (Å²) in [5.74, 6) is -1.04. The second-order valence-electron chi connectivity index (χ2n) is 1.77. The minimum Gasteiger partial charge on any atom is -0.809 e. The zero-order valence-corrected chi connectivity index (χ0v) is 11.6. The van der Waals surface area contributed by atoms with Gasteiger partial charge in [-0.1, -0.05) is 0 Å². The second kappa shape index (κ2) is 6.51. The van der Waals surface area contributed by atoms with Crippen LogP contribution in [0.25, 0.3) is 0 Å². The number of rotatable bonds is 1. The van der Waals surface area contributed by atoms with Crippen molar-refractivity contribution in [3.63, 3.8) is 0 Å². The maximum atomic E-state index is 9.95. The van der Waals surface area contributed by atoms with E-state index in [1.807, 2.05) is 0 Å². The summed E-state index contributed by atoms with van der Waals surface area (Å²) in [6, 6.07) is 0. The van der Waals surface area contributed by atoms with Crippen molar-refractivity contribution < 1.29 is 83.7 Å². The Hall–Kier alpha value is 2.07. The zero-order chi connectivity index (χ0) is 6.36. The third kappa shape index (κ3) is 6.18. The smallest absolute Gasteiger partial charge is 0.809 e. The Morgan fingerprint density at radius 1 is 1.36 bits per heavy atom. The Balaban J connectivity index is -0.000000213. The zero-order valence-electron chi connectivity index (χ0n) is 6.73. The van der Waals surface area contributed by atoms with E-state index >= 15 is 0 Å². The molecular formula is C3H7Na2O5P. The fourth-order valence-corrected chi connectivity index (χ4v) is 1.36. The first kappa shape index (κ1) is 18.8. The van der Waals surface area contributed by atoms with Gasteiger partial charge in [-0.2, -0.15) is 0 Å². The van der Waals surface area contributed by atoms with Crippen LogP contribution in [0.2, 0.25) is 0 Å². The normalized spacial score (nSPS) is 27.2. The Kier molecular flexibility index (Phi) is 11.1. The van der Waals surface area contributed by atoms with Crippen molar-refractivity contribution in [3.05, 3.63) is 0 Å². The third-order valence-corrected chi connectivity index (χ3v) is 2.16. The monoisotopic (exact) mass is 200 g/mol. The minimum atomic E-state index is -4.40. The van der Waals surface area contributed by atoms with Gasteiger partial charge in [-0.3, -0.25) is 0 Å². The first-order valence-electron chi connectivity index (χ1n) is 2.19. The first-order valence-corrected chi connectivity index (χ1v) is 3.80. The molecule has 1 saturated heterocycles. The number of epoxide rings is 1. The molecule has 2 N–H and O–H groups in total. The Morgan fingerprint density at radius 2 is 1.64 bits per heavy atom. The molecule has 56 valence electrons. The van der Waals surface area contributed by atoms with Crippen molar-refractivity contribution >= 4 is 7.60 Å². The van der Waals surface area contributed by atoms with Gasteiger partial charge in [0.1, 0.15) is 5.85 Å². The van der Waals surface area contributed by atoms with Gasteiger partial charge in [0.15, 0.2) is 0 Å². The van der Waals surface area contributed by atoms with E-state index in [0.29, 0.717) is 0 Å². The van der Waals surface area contributed by atoms with Crippen LogP contribution in [-0.4, -0.2) is 17.4 Å². The van der Waals surface area contributed by atoms with Crippen LogP contribution in [-0.2, 0) is 9.30 Å². The van der Waals surface area contributed by atoms with Crippen LogP contribution in [0, 0.1) is 0 Å². The molecule has 1 rings (SSSR count). The molecule has 1 fully saturated rings. The summed E-state index contributed by atoms with van der Waals surface area (Å²) < 4.78 is 14.3. The summed E-state index contributed by atoms with van der Waals surface area (Å²) in [6.07, 6.45) is -0.379. The van der Waals surface area contributed by atoms with Crippen LogP contribution in [0.1, 0.15) is 6.92 Å². The Labute approximate surface area is 109 Å². The van der Waals surface area contributed by atoms with E-state index in [1.54, 1.807) is 6.92 Å². The molecule has 0 aromatic rings. The van der Waals surface area contributed by atoms with Gasteiger partial charge in [0.2, 0.25) is 0 Å². The molecule has 0 bridgehead atoms. The molecule has 0 radical (unpaired) electrons. The van der Waals surface area contributed by atoms with Crippen molar-refractivity contribution in [1.82, 2.24) is 0 Å². The van der Waals surface area contributed by atoms with E-state index in [0.717, 1.165) is 0 Å². The molecule has 2 atom stereocenters. The van der Waals surface area contributed by atoms with Crippen molar-refractivity contribution in [2.24, 2.45) is 0 Å². The van der Waals surface area contributed by atoms with E-state index in [1.165, 1.54) is 0 Å². The molecule has 0 aromatic carbocycles. The molecule has 8 heteroatoms. The fourth-order valence-electron chi connectivity index (χ4n) is 0.506. The van der Waals surface area contributed by atoms with Crippen molar-refractivity contribution in [2.75, 3.05) is 0 Å². The van der Waals surface area contributed by atoms with Crippen LogP contribution < -0.4 is 68.9 Å². The molecule has 0 aromatic heterocycles. The second-order valence-corrected chi connectivity index (χ2v) is 3.36. The van der Waals surface area contributed by atoms with E-state index < -0.39 is 13.4 Å². The van der Waals surface area contributed by atoms with Crippen molar-refractivity contribution in [3.8, 4) is 0 Å². The summed E-state index contributed by atoms with van der Waals surface area (Å²) in [5, 5.41) is 0. The van der Waals surface area contributed by atoms with Crippen LogP contribution >= 0.6 is 7.60 Å². The summed E-state index contributed by atoms with van der Waals surface area (Å²) in [6.45, 7) is 1.55. The average molecular weight is 200 g/mol. The largest absolute Gasteiger partial charge is 1.00 e. The summed E-state index contributed by atoms with van der Waals surface area (Å²) >= 11 is 0. The quantitative estimate of drug-likeness (QED) is 0.238. The van der Waals surface area contributed by atoms with E-state index in [9.17, 15) is 14.4 Å². The maximum Gasteiger partial charge on any atom is 1.00 e. The van der Waals surface area contributed by atoms with Crippen LogP contribution in [0.4, 0.5) is 0 Å². The van der Waals surface area contributed by atoms with E-state index in [-0.39, 0.29) is 70.7 Å². The van der Waals surface area contributed by atoms with Gasteiger partial charge in [-0.25, -0.2) is 0 Å². The molecule has 11 heavy (non-hydrogen) atoms. The predicted molar refractivity (Wildman–Crippen MR) is 25.6 cm³/mol. The molecule has 5 nitrogen and oxygen atoms in total. The standard InChI is InChI=1S/C3H7O4P.2Na.H2O/c1-2-3(7-2)8(4,5)6;;;/h2-3H,1H3,(H2,4,5,6);;;1H2/q;2*+1;/p-2/t2-,3+;;;/m1.../s1. The van der Waals surface area contributed by atoms with Crippen molar-refractivity contribution in [1.29, 1.82) is 0 Å². The predicted octanol–water partition coefficient (Wildman–Crippen LogP) is -8.17. The summed E-state index contributed by atoms with van der Waals surface area (Å²) in [7, 11) is -4.40. The van der Waals surface area contributed by atoms with Gasteiger partial charge >= 0.3 is 59.1 Å².